The Bertz CT molecular complexity index is 359. The average Bonchev–Trinajstić information content (AvgIpc) is 2.38. The molecular weight excluding hydrogens is 214 g/mol. The quantitative estimate of drug-likeness (QED) is 0.871. The maximum Gasteiger partial charge on any atom is 0.119 e. The molecule has 0 saturated carbocycles. The predicted octanol–water partition coefficient (Wildman–Crippen LogP) is 2.40. The van der Waals surface area contributed by atoms with E-state index in [0.717, 1.165) is 18.8 Å². The van der Waals surface area contributed by atoms with E-state index in [4.69, 9.17) is 15.2 Å². The van der Waals surface area contributed by atoms with Crippen molar-refractivity contribution < 1.29 is 9.47 Å². The Morgan fingerprint density at radius 3 is 2.94 bits per heavy atom. The van der Waals surface area contributed by atoms with Crippen LogP contribution >= 0.6 is 0 Å². The standard InChI is InChI=1S/C14H21NO2/c1-11-8-13(6-5-12(11)9-15)17-10-14-4-2-3-7-16-14/h5-6,8,14H,2-4,7,9-10,15H2,1H3. The van der Waals surface area contributed by atoms with Crippen molar-refractivity contribution in [3.8, 4) is 5.75 Å². The van der Waals surface area contributed by atoms with Gasteiger partial charge in [0.2, 0.25) is 0 Å². The molecule has 3 heteroatoms. The molecule has 1 heterocycles. The molecule has 0 spiro atoms. The number of benzene rings is 1. The summed E-state index contributed by atoms with van der Waals surface area (Å²) in [6.45, 7) is 4.17. The first-order valence-corrected chi connectivity index (χ1v) is 6.33. The van der Waals surface area contributed by atoms with Crippen LogP contribution in [0.5, 0.6) is 5.75 Å². The maximum atomic E-state index is 5.76. The fourth-order valence-electron chi connectivity index (χ4n) is 2.12. The van der Waals surface area contributed by atoms with Gasteiger partial charge >= 0.3 is 0 Å². The molecule has 0 bridgehead atoms. The van der Waals surface area contributed by atoms with Gasteiger partial charge in [-0.25, -0.2) is 0 Å². The van der Waals surface area contributed by atoms with Crippen LogP contribution in [-0.2, 0) is 11.3 Å². The zero-order chi connectivity index (χ0) is 12.1. The third-order valence-electron chi connectivity index (χ3n) is 3.24. The molecule has 1 unspecified atom stereocenters. The summed E-state index contributed by atoms with van der Waals surface area (Å²) in [5.41, 5.74) is 7.99. The molecular formula is C14H21NO2. The van der Waals surface area contributed by atoms with Crippen molar-refractivity contribution in [3.63, 3.8) is 0 Å². The van der Waals surface area contributed by atoms with Crippen molar-refractivity contribution >= 4 is 0 Å². The van der Waals surface area contributed by atoms with Crippen molar-refractivity contribution in [3.05, 3.63) is 29.3 Å². The van der Waals surface area contributed by atoms with E-state index < -0.39 is 0 Å². The largest absolute Gasteiger partial charge is 0.491 e. The van der Waals surface area contributed by atoms with Gasteiger partial charge in [-0.1, -0.05) is 6.07 Å². The molecule has 17 heavy (non-hydrogen) atoms. The van der Waals surface area contributed by atoms with Gasteiger partial charge in [-0.05, 0) is 49.4 Å². The second-order valence-electron chi connectivity index (χ2n) is 4.59. The van der Waals surface area contributed by atoms with Gasteiger partial charge in [0, 0.05) is 13.2 Å². The molecule has 2 N–H and O–H groups in total. The molecule has 1 fully saturated rings. The van der Waals surface area contributed by atoms with Crippen LogP contribution < -0.4 is 10.5 Å². The Morgan fingerprint density at radius 2 is 2.29 bits per heavy atom. The van der Waals surface area contributed by atoms with Crippen LogP contribution in [-0.4, -0.2) is 19.3 Å². The molecule has 0 aliphatic carbocycles. The number of hydrogen-bond donors (Lipinski definition) is 1. The zero-order valence-electron chi connectivity index (χ0n) is 10.4. The third-order valence-corrected chi connectivity index (χ3v) is 3.24. The summed E-state index contributed by atoms with van der Waals surface area (Å²) < 4.78 is 11.4. The van der Waals surface area contributed by atoms with Crippen LogP contribution in [0.15, 0.2) is 18.2 Å². The highest BCUT2D eigenvalue weighted by Crippen LogP contribution is 2.19. The Labute approximate surface area is 103 Å². The summed E-state index contributed by atoms with van der Waals surface area (Å²) in [4.78, 5) is 0. The molecule has 1 saturated heterocycles. The van der Waals surface area contributed by atoms with Crippen LogP contribution in [0.1, 0.15) is 30.4 Å². The van der Waals surface area contributed by atoms with Crippen LogP contribution in [0.4, 0.5) is 0 Å². The summed E-state index contributed by atoms with van der Waals surface area (Å²) in [6.07, 6.45) is 3.80. The highest BCUT2D eigenvalue weighted by Gasteiger charge is 2.14. The third kappa shape index (κ3) is 3.45. The van der Waals surface area contributed by atoms with Crippen molar-refractivity contribution in [1.29, 1.82) is 0 Å². The van der Waals surface area contributed by atoms with Gasteiger partial charge in [0.1, 0.15) is 12.4 Å². The Morgan fingerprint density at radius 1 is 1.41 bits per heavy atom. The minimum Gasteiger partial charge on any atom is -0.491 e. The van der Waals surface area contributed by atoms with Crippen LogP contribution in [0.25, 0.3) is 0 Å². The summed E-state index contributed by atoms with van der Waals surface area (Å²) in [6, 6.07) is 6.06. The van der Waals surface area contributed by atoms with Crippen molar-refractivity contribution in [1.82, 2.24) is 0 Å². The van der Waals surface area contributed by atoms with Gasteiger partial charge in [0.15, 0.2) is 0 Å². The molecule has 1 atom stereocenters. The van der Waals surface area contributed by atoms with E-state index in [-0.39, 0.29) is 6.10 Å². The van der Waals surface area contributed by atoms with Gasteiger partial charge < -0.3 is 15.2 Å². The van der Waals surface area contributed by atoms with E-state index in [1.165, 1.54) is 24.0 Å². The van der Waals surface area contributed by atoms with E-state index in [1.54, 1.807) is 0 Å². The smallest absolute Gasteiger partial charge is 0.119 e. The van der Waals surface area contributed by atoms with E-state index >= 15 is 0 Å². The highest BCUT2D eigenvalue weighted by molar-refractivity contribution is 5.34. The minimum absolute atomic E-state index is 0.262. The number of ether oxygens (including phenoxy) is 2. The van der Waals surface area contributed by atoms with E-state index in [0.29, 0.717) is 13.2 Å². The Hall–Kier alpha value is -1.06. The first-order valence-electron chi connectivity index (χ1n) is 6.33. The minimum atomic E-state index is 0.262. The van der Waals surface area contributed by atoms with E-state index in [1.807, 2.05) is 18.2 Å². The zero-order valence-corrected chi connectivity index (χ0v) is 10.4. The van der Waals surface area contributed by atoms with Crippen molar-refractivity contribution in [2.75, 3.05) is 13.2 Å². The van der Waals surface area contributed by atoms with Crippen molar-refractivity contribution in [2.24, 2.45) is 5.73 Å². The summed E-state index contributed by atoms with van der Waals surface area (Å²) >= 11 is 0. The predicted molar refractivity (Wildman–Crippen MR) is 68.2 cm³/mol. The lowest BCUT2D eigenvalue weighted by atomic mass is 10.1. The molecule has 0 amide bonds. The Kier molecular flexibility index (Phi) is 4.40. The lowest BCUT2D eigenvalue weighted by Crippen LogP contribution is -2.25. The van der Waals surface area contributed by atoms with E-state index in [2.05, 4.69) is 6.92 Å². The first kappa shape index (κ1) is 12.4. The molecule has 94 valence electrons. The average molecular weight is 235 g/mol. The lowest BCUT2D eigenvalue weighted by Gasteiger charge is -2.22. The normalized spacial score (nSPS) is 20.2. The molecule has 1 aromatic carbocycles. The number of rotatable bonds is 4. The van der Waals surface area contributed by atoms with Crippen LogP contribution in [0.2, 0.25) is 0 Å². The van der Waals surface area contributed by atoms with Gasteiger partial charge in [0.05, 0.1) is 6.10 Å². The summed E-state index contributed by atoms with van der Waals surface area (Å²) in [5.74, 6) is 0.911. The molecule has 1 aromatic rings. The number of aryl methyl sites for hydroxylation is 1. The molecule has 2 rings (SSSR count). The highest BCUT2D eigenvalue weighted by atomic mass is 16.5. The number of hydrogen-bond acceptors (Lipinski definition) is 3. The van der Waals surface area contributed by atoms with Crippen LogP contribution in [0.3, 0.4) is 0 Å². The van der Waals surface area contributed by atoms with E-state index in [9.17, 15) is 0 Å². The molecule has 1 aliphatic heterocycles. The van der Waals surface area contributed by atoms with Gasteiger partial charge in [-0.15, -0.1) is 0 Å². The summed E-state index contributed by atoms with van der Waals surface area (Å²) in [7, 11) is 0. The summed E-state index contributed by atoms with van der Waals surface area (Å²) in [5, 5.41) is 0. The topological polar surface area (TPSA) is 44.5 Å². The first-order chi connectivity index (χ1) is 8.29. The molecule has 0 aromatic heterocycles. The Balaban J connectivity index is 1.87. The van der Waals surface area contributed by atoms with Gasteiger partial charge in [0.25, 0.3) is 0 Å². The van der Waals surface area contributed by atoms with Gasteiger partial charge in [-0.3, -0.25) is 0 Å². The monoisotopic (exact) mass is 235 g/mol. The molecule has 0 radical (unpaired) electrons. The maximum absolute atomic E-state index is 5.76. The second-order valence-corrected chi connectivity index (χ2v) is 4.59. The lowest BCUT2D eigenvalue weighted by molar-refractivity contribution is -0.0110. The molecule has 3 nitrogen and oxygen atoms in total. The second kappa shape index (κ2) is 6.03. The molecule has 1 aliphatic rings. The number of nitrogens with two attached hydrogens (primary N) is 1. The van der Waals surface area contributed by atoms with Crippen molar-refractivity contribution in [2.45, 2.75) is 38.8 Å². The fourth-order valence-corrected chi connectivity index (χ4v) is 2.12. The SMILES string of the molecule is Cc1cc(OCC2CCCCO2)ccc1CN. The van der Waals surface area contributed by atoms with Gasteiger partial charge in [-0.2, -0.15) is 0 Å². The van der Waals surface area contributed by atoms with Crippen LogP contribution in [0, 0.1) is 6.92 Å². The fraction of sp³-hybridized carbons (Fsp3) is 0.571.